The summed E-state index contributed by atoms with van der Waals surface area (Å²) in [5, 5.41) is 12.1. The van der Waals surface area contributed by atoms with E-state index < -0.39 is 0 Å². The number of hydrogen-bond donors (Lipinski definition) is 2. The van der Waals surface area contributed by atoms with Crippen LogP contribution in [0.1, 0.15) is 5.56 Å². The average Bonchev–Trinajstić information content (AvgIpc) is 1.99. The molecule has 0 aromatic heterocycles. The van der Waals surface area contributed by atoms with Gasteiger partial charge in [0, 0.05) is 10.7 Å². The van der Waals surface area contributed by atoms with Gasteiger partial charge in [0.1, 0.15) is 6.73 Å². The van der Waals surface area contributed by atoms with Crippen molar-refractivity contribution in [2.45, 2.75) is 6.92 Å². The average molecular weight is 172 g/mol. The van der Waals surface area contributed by atoms with E-state index in [0.717, 1.165) is 11.3 Å². The van der Waals surface area contributed by atoms with E-state index in [1.165, 1.54) is 0 Å². The van der Waals surface area contributed by atoms with Crippen LogP contribution in [0.25, 0.3) is 0 Å². The zero-order valence-electron chi connectivity index (χ0n) is 6.26. The van der Waals surface area contributed by atoms with Crippen LogP contribution >= 0.6 is 11.6 Å². The van der Waals surface area contributed by atoms with Crippen LogP contribution in [0.5, 0.6) is 0 Å². The SMILES string of the molecule is Cc1c(Cl)cccc1NCO. The first kappa shape index (κ1) is 8.37. The van der Waals surface area contributed by atoms with Gasteiger partial charge in [-0.2, -0.15) is 0 Å². The summed E-state index contributed by atoms with van der Waals surface area (Å²) in [6.45, 7) is 1.83. The van der Waals surface area contributed by atoms with E-state index >= 15 is 0 Å². The largest absolute Gasteiger partial charge is 0.377 e. The van der Waals surface area contributed by atoms with Crippen LogP contribution in [-0.4, -0.2) is 11.8 Å². The van der Waals surface area contributed by atoms with Crippen molar-refractivity contribution in [1.82, 2.24) is 0 Å². The summed E-state index contributed by atoms with van der Waals surface area (Å²) >= 11 is 5.83. The zero-order chi connectivity index (χ0) is 8.27. The lowest BCUT2D eigenvalue weighted by Gasteiger charge is -2.06. The predicted molar refractivity (Wildman–Crippen MR) is 46.9 cm³/mol. The second-order valence-corrected chi connectivity index (χ2v) is 2.65. The molecule has 0 amide bonds. The number of aliphatic hydroxyl groups excluding tert-OH is 1. The molecule has 0 unspecified atom stereocenters. The Kier molecular flexibility index (Phi) is 2.74. The molecular weight excluding hydrogens is 162 g/mol. The number of aliphatic hydroxyl groups is 1. The fraction of sp³-hybridized carbons (Fsp3) is 0.250. The molecule has 1 aromatic carbocycles. The van der Waals surface area contributed by atoms with Crippen LogP contribution in [0.2, 0.25) is 5.02 Å². The predicted octanol–water partition coefficient (Wildman–Crippen LogP) is 2.01. The summed E-state index contributed by atoms with van der Waals surface area (Å²) in [7, 11) is 0. The molecule has 2 N–H and O–H groups in total. The Balaban J connectivity index is 2.96. The molecular formula is C8H10ClNO. The molecule has 0 heterocycles. The molecule has 0 saturated heterocycles. The second-order valence-electron chi connectivity index (χ2n) is 2.25. The summed E-state index contributed by atoms with van der Waals surface area (Å²) in [4.78, 5) is 0. The summed E-state index contributed by atoms with van der Waals surface area (Å²) < 4.78 is 0. The zero-order valence-corrected chi connectivity index (χ0v) is 7.02. The minimum atomic E-state index is -0.0683. The molecule has 0 aliphatic rings. The molecule has 3 heteroatoms. The molecule has 2 nitrogen and oxygen atoms in total. The lowest BCUT2D eigenvalue weighted by atomic mass is 10.2. The minimum absolute atomic E-state index is 0.0683. The van der Waals surface area contributed by atoms with E-state index in [4.69, 9.17) is 16.7 Å². The van der Waals surface area contributed by atoms with Gasteiger partial charge in [0.15, 0.2) is 0 Å². The normalized spacial score (nSPS) is 9.73. The number of nitrogens with one attached hydrogen (secondary N) is 1. The number of halogens is 1. The first-order valence-corrected chi connectivity index (χ1v) is 3.73. The smallest absolute Gasteiger partial charge is 0.113 e. The van der Waals surface area contributed by atoms with Crippen molar-refractivity contribution in [2.24, 2.45) is 0 Å². The number of hydrogen-bond acceptors (Lipinski definition) is 2. The van der Waals surface area contributed by atoms with Gasteiger partial charge in [-0.3, -0.25) is 0 Å². The second kappa shape index (κ2) is 3.60. The lowest BCUT2D eigenvalue weighted by Crippen LogP contribution is -2.00. The Morgan fingerprint density at radius 1 is 1.55 bits per heavy atom. The summed E-state index contributed by atoms with van der Waals surface area (Å²) in [6.07, 6.45) is 0. The molecule has 0 radical (unpaired) electrons. The first-order valence-electron chi connectivity index (χ1n) is 3.35. The standard InChI is InChI=1S/C8H10ClNO/c1-6-7(9)3-2-4-8(6)10-5-11/h2-4,10-11H,5H2,1H3. The Morgan fingerprint density at radius 3 is 2.91 bits per heavy atom. The fourth-order valence-corrected chi connectivity index (χ4v) is 1.06. The van der Waals surface area contributed by atoms with Gasteiger partial charge in [-0.25, -0.2) is 0 Å². The van der Waals surface area contributed by atoms with Gasteiger partial charge < -0.3 is 10.4 Å². The Bertz CT molecular complexity index is 250. The maximum Gasteiger partial charge on any atom is 0.113 e. The number of benzene rings is 1. The molecule has 0 aliphatic heterocycles. The highest BCUT2D eigenvalue weighted by Crippen LogP contribution is 2.22. The fourth-order valence-electron chi connectivity index (χ4n) is 0.884. The van der Waals surface area contributed by atoms with Gasteiger partial charge in [0.25, 0.3) is 0 Å². The van der Waals surface area contributed by atoms with E-state index in [2.05, 4.69) is 5.32 Å². The number of rotatable bonds is 2. The molecule has 0 atom stereocenters. The highest BCUT2D eigenvalue weighted by atomic mass is 35.5. The van der Waals surface area contributed by atoms with Crippen molar-refractivity contribution in [1.29, 1.82) is 0 Å². The third-order valence-corrected chi connectivity index (χ3v) is 1.95. The van der Waals surface area contributed by atoms with Gasteiger partial charge in [-0.05, 0) is 24.6 Å². The van der Waals surface area contributed by atoms with Crippen molar-refractivity contribution < 1.29 is 5.11 Å². The molecule has 60 valence electrons. The Labute approximate surface area is 70.8 Å². The van der Waals surface area contributed by atoms with E-state index in [9.17, 15) is 0 Å². The van der Waals surface area contributed by atoms with Gasteiger partial charge in [-0.1, -0.05) is 17.7 Å². The highest BCUT2D eigenvalue weighted by Gasteiger charge is 1.98. The van der Waals surface area contributed by atoms with Gasteiger partial charge in [0.2, 0.25) is 0 Å². The van der Waals surface area contributed by atoms with E-state index in [1.807, 2.05) is 25.1 Å². The summed E-state index contributed by atoms with van der Waals surface area (Å²) in [5.74, 6) is 0. The molecule has 0 fully saturated rings. The van der Waals surface area contributed by atoms with Crippen molar-refractivity contribution in [3.05, 3.63) is 28.8 Å². The molecule has 0 saturated carbocycles. The maximum absolute atomic E-state index is 8.58. The third kappa shape index (κ3) is 1.85. The summed E-state index contributed by atoms with van der Waals surface area (Å²) in [5.41, 5.74) is 1.84. The van der Waals surface area contributed by atoms with Gasteiger partial charge in [0.05, 0.1) is 0 Å². The van der Waals surface area contributed by atoms with Crippen LogP contribution in [0.4, 0.5) is 5.69 Å². The Hall–Kier alpha value is -0.730. The molecule has 1 aromatic rings. The van der Waals surface area contributed by atoms with E-state index in [0.29, 0.717) is 5.02 Å². The molecule has 0 spiro atoms. The third-order valence-electron chi connectivity index (χ3n) is 1.54. The maximum atomic E-state index is 8.58. The highest BCUT2D eigenvalue weighted by molar-refractivity contribution is 6.31. The van der Waals surface area contributed by atoms with Crippen LogP contribution in [0.3, 0.4) is 0 Å². The van der Waals surface area contributed by atoms with Crippen LogP contribution in [0.15, 0.2) is 18.2 Å². The Morgan fingerprint density at radius 2 is 2.27 bits per heavy atom. The monoisotopic (exact) mass is 171 g/mol. The lowest BCUT2D eigenvalue weighted by molar-refractivity contribution is 0.325. The van der Waals surface area contributed by atoms with E-state index in [1.54, 1.807) is 0 Å². The molecule has 1 rings (SSSR count). The van der Waals surface area contributed by atoms with Crippen molar-refractivity contribution in [3.8, 4) is 0 Å². The van der Waals surface area contributed by atoms with Crippen LogP contribution in [0, 0.1) is 6.92 Å². The minimum Gasteiger partial charge on any atom is -0.377 e. The number of anilines is 1. The topological polar surface area (TPSA) is 32.3 Å². The van der Waals surface area contributed by atoms with Crippen molar-refractivity contribution in [2.75, 3.05) is 12.0 Å². The van der Waals surface area contributed by atoms with Gasteiger partial charge >= 0.3 is 0 Å². The van der Waals surface area contributed by atoms with Crippen LogP contribution in [-0.2, 0) is 0 Å². The molecule has 11 heavy (non-hydrogen) atoms. The molecule has 0 aliphatic carbocycles. The van der Waals surface area contributed by atoms with Crippen LogP contribution < -0.4 is 5.32 Å². The molecule has 0 bridgehead atoms. The van der Waals surface area contributed by atoms with E-state index in [-0.39, 0.29) is 6.73 Å². The van der Waals surface area contributed by atoms with Crippen molar-refractivity contribution >= 4 is 17.3 Å². The first-order chi connectivity index (χ1) is 5.25. The quantitative estimate of drug-likeness (QED) is 0.668. The van der Waals surface area contributed by atoms with Gasteiger partial charge in [-0.15, -0.1) is 0 Å². The summed E-state index contributed by atoms with van der Waals surface area (Å²) in [6, 6.07) is 5.53. The van der Waals surface area contributed by atoms with Crippen molar-refractivity contribution in [3.63, 3.8) is 0 Å².